The number of methoxy groups -OCH3 is 1. The van der Waals surface area contributed by atoms with Gasteiger partial charge in [-0.1, -0.05) is 19.1 Å². The lowest BCUT2D eigenvalue weighted by Crippen LogP contribution is -2.12. The molecule has 3 N–H and O–H groups in total. The molecule has 0 radical (unpaired) electrons. The van der Waals surface area contributed by atoms with Crippen LogP contribution >= 0.6 is 0 Å². The Morgan fingerprint density at radius 2 is 1.76 bits per heavy atom. The molecule has 0 heterocycles. The number of amides is 1. The van der Waals surface area contributed by atoms with Gasteiger partial charge in [0.2, 0.25) is 5.91 Å². The molecule has 0 aliphatic carbocycles. The Bertz CT molecular complexity index is 591. The molecule has 0 saturated carbocycles. The molecular weight excluding hydrogens is 264 g/mol. The molecule has 1 atom stereocenters. The van der Waals surface area contributed by atoms with Crippen LogP contribution in [0.1, 0.15) is 35.3 Å². The summed E-state index contributed by atoms with van der Waals surface area (Å²) >= 11 is 0. The van der Waals surface area contributed by atoms with Gasteiger partial charge in [-0.2, -0.15) is 0 Å². The lowest BCUT2D eigenvalue weighted by Gasteiger charge is -2.19. The van der Waals surface area contributed by atoms with Gasteiger partial charge in [0.1, 0.15) is 5.75 Å². The first-order chi connectivity index (χ1) is 10.1. The molecule has 0 spiro atoms. The Hall–Kier alpha value is -2.49. The summed E-state index contributed by atoms with van der Waals surface area (Å²) in [6, 6.07) is 15.4. The Labute approximate surface area is 124 Å². The predicted octanol–water partition coefficient (Wildman–Crippen LogP) is 3.36. The summed E-state index contributed by atoms with van der Waals surface area (Å²) in [5.41, 5.74) is 7.90. The summed E-state index contributed by atoms with van der Waals surface area (Å²) < 4.78 is 5.17. The Kier molecular flexibility index (Phi) is 4.82. The second-order valence-electron chi connectivity index (χ2n) is 4.82. The molecule has 0 fully saturated rings. The predicted molar refractivity (Wildman–Crippen MR) is 84.6 cm³/mol. The monoisotopic (exact) mass is 284 g/mol. The van der Waals surface area contributed by atoms with Crippen LogP contribution in [0.15, 0.2) is 48.5 Å². The van der Waals surface area contributed by atoms with E-state index in [-0.39, 0.29) is 6.04 Å². The highest BCUT2D eigenvalue weighted by Gasteiger charge is 2.09. The maximum atomic E-state index is 11.1. The smallest absolute Gasteiger partial charge is 0.248 e. The molecule has 0 saturated heterocycles. The third-order valence-corrected chi connectivity index (χ3v) is 3.44. The number of hydrogen-bond acceptors (Lipinski definition) is 3. The minimum atomic E-state index is -0.413. The zero-order valence-corrected chi connectivity index (χ0v) is 12.3. The minimum Gasteiger partial charge on any atom is -0.497 e. The SMILES string of the molecule is CCC(Nc1ccc(C(N)=O)cc1)c1ccc(OC)cc1. The fourth-order valence-electron chi connectivity index (χ4n) is 2.19. The van der Waals surface area contributed by atoms with E-state index in [4.69, 9.17) is 10.5 Å². The first kappa shape index (κ1) is 14.9. The second kappa shape index (κ2) is 6.79. The number of nitrogens with one attached hydrogen (secondary N) is 1. The van der Waals surface area contributed by atoms with Crippen molar-refractivity contribution in [3.63, 3.8) is 0 Å². The maximum Gasteiger partial charge on any atom is 0.248 e. The largest absolute Gasteiger partial charge is 0.497 e. The van der Waals surface area contributed by atoms with Crippen LogP contribution in [0, 0.1) is 0 Å². The van der Waals surface area contributed by atoms with E-state index in [9.17, 15) is 4.79 Å². The topological polar surface area (TPSA) is 64.3 Å². The van der Waals surface area contributed by atoms with E-state index in [0.717, 1.165) is 17.9 Å². The van der Waals surface area contributed by atoms with Crippen molar-refractivity contribution in [1.82, 2.24) is 0 Å². The minimum absolute atomic E-state index is 0.204. The molecule has 1 amide bonds. The highest BCUT2D eigenvalue weighted by atomic mass is 16.5. The van der Waals surface area contributed by atoms with Gasteiger partial charge < -0.3 is 15.8 Å². The van der Waals surface area contributed by atoms with Gasteiger partial charge >= 0.3 is 0 Å². The van der Waals surface area contributed by atoms with Crippen molar-refractivity contribution in [3.05, 3.63) is 59.7 Å². The van der Waals surface area contributed by atoms with Gasteiger partial charge in [-0.3, -0.25) is 4.79 Å². The fraction of sp³-hybridized carbons (Fsp3) is 0.235. The fourth-order valence-corrected chi connectivity index (χ4v) is 2.19. The molecule has 110 valence electrons. The van der Waals surface area contributed by atoms with Crippen LogP contribution in [0.25, 0.3) is 0 Å². The molecule has 0 aliphatic heterocycles. The summed E-state index contributed by atoms with van der Waals surface area (Å²) in [6.45, 7) is 2.12. The highest BCUT2D eigenvalue weighted by Crippen LogP contribution is 2.24. The van der Waals surface area contributed by atoms with Crippen molar-refractivity contribution < 1.29 is 9.53 Å². The third kappa shape index (κ3) is 3.75. The number of anilines is 1. The summed E-state index contributed by atoms with van der Waals surface area (Å²) in [5, 5.41) is 3.46. The van der Waals surface area contributed by atoms with Crippen LogP contribution in [0.5, 0.6) is 5.75 Å². The van der Waals surface area contributed by atoms with Gasteiger partial charge in [-0.15, -0.1) is 0 Å². The van der Waals surface area contributed by atoms with Crippen molar-refractivity contribution in [2.75, 3.05) is 12.4 Å². The van der Waals surface area contributed by atoms with E-state index in [1.807, 2.05) is 24.3 Å². The molecule has 4 nitrogen and oxygen atoms in total. The van der Waals surface area contributed by atoms with Crippen molar-refractivity contribution in [1.29, 1.82) is 0 Å². The summed E-state index contributed by atoms with van der Waals surface area (Å²) in [5.74, 6) is 0.433. The number of carbonyl (C=O) groups is 1. The van der Waals surface area contributed by atoms with Crippen molar-refractivity contribution in [2.45, 2.75) is 19.4 Å². The molecule has 2 aromatic rings. The van der Waals surface area contributed by atoms with Crippen LogP contribution in [0.2, 0.25) is 0 Å². The van der Waals surface area contributed by atoms with Gasteiger partial charge in [0, 0.05) is 11.3 Å². The highest BCUT2D eigenvalue weighted by molar-refractivity contribution is 5.93. The van der Waals surface area contributed by atoms with Crippen molar-refractivity contribution in [3.8, 4) is 5.75 Å². The standard InChI is InChI=1S/C17H20N2O2/c1-3-16(12-6-10-15(21-2)11-7-12)19-14-8-4-13(5-9-14)17(18)20/h4-11,16,19H,3H2,1-2H3,(H2,18,20). The number of rotatable bonds is 6. The van der Waals surface area contributed by atoms with E-state index in [1.54, 1.807) is 19.2 Å². The molecule has 1 unspecified atom stereocenters. The summed E-state index contributed by atoms with van der Waals surface area (Å²) in [4.78, 5) is 11.1. The second-order valence-corrected chi connectivity index (χ2v) is 4.82. The average Bonchev–Trinajstić information content (AvgIpc) is 2.53. The van der Waals surface area contributed by atoms with Gasteiger partial charge in [0.15, 0.2) is 0 Å². The van der Waals surface area contributed by atoms with Gasteiger partial charge in [0.05, 0.1) is 13.2 Å². The Morgan fingerprint density at radius 1 is 1.14 bits per heavy atom. The van der Waals surface area contributed by atoms with E-state index in [0.29, 0.717) is 5.56 Å². The Balaban J connectivity index is 2.12. The number of ether oxygens (including phenoxy) is 1. The van der Waals surface area contributed by atoms with Crippen molar-refractivity contribution in [2.24, 2.45) is 5.73 Å². The number of primary amides is 1. The maximum absolute atomic E-state index is 11.1. The molecule has 4 heteroatoms. The quantitative estimate of drug-likeness (QED) is 0.855. The van der Waals surface area contributed by atoms with Gasteiger partial charge in [0.25, 0.3) is 0 Å². The summed E-state index contributed by atoms with van der Waals surface area (Å²) in [6.07, 6.45) is 0.948. The number of hydrogen-bond donors (Lipinski definition) is 2. The van der Waals surface area contributed by atoms with E-state index in [2.05, 4.69) is 24.4 Å². The summed E-state index contributed by atoms with van der Waals surface area (Å²) in [7, 11) is 1.66. The molecule has 0 bridgehead atoms. The van der Waals surface area contributed by atoms with E-state index >= 15 is 0 Å². The van der Waals surface area contributed by atoms with E-state index < -0.39 is 5.91 Å². The van der Waals surface area contributed by atoms with Crippen LogP contribution in [0.4, 0.5) is 5.69 Å². The average molecular weight is 284 g/mol. The molecule has 0 aromatic heterocycles. The third-order valence-electron chi connectivity index (χ3n) is 3.44. The number of carbonyl (C=O) groups excluding carboxylic acids is 1. The molecule has 2 aromatic carbocycles. The van der Waals surface area contributed by atoms with E-state index in [1.165, 1.54) is 5.56 Å². The molecule has 21 heavy (non-hydrogen) atoms. The zero-order valence-electron chi connectivity index (χ0n) is 12.3. The molecule has 2 rings (SSSR count). The number of nitrogens with two attached hydrogens (primary N) is 1. The number of benzene rings is 2. The van der Waals surface area contributed by atoms with Gasteiger partial charge in [-0.05, 0) is 48.4 Å². The normalized spacial score (nSPS) is 11.7. The molecular formula is C17H20N2O2. The lowest BCUT2D eigenvalue weighted by molar-refractivity contribution is 0.100. The zero-order chi connectivity index (χ0) is 15.2. The van der Waals surface area contributed by atoms with Crippen LogP contribution in [-0.2, 0) is 0 Å². The van der Waals surface area contributed by atoms with Crippen LogP contribution < -0.4 is 15.8 Å². The Morgan fingerprint density at radius 3 is 2.24 bits per heavy atom. The first-order valence-corrected chi connectivity index (χ1v) is 6.94. The lowest BCUT2D eigenvalue weighted by atomic mass is 10.0. The van der Waals surface area contributed by atoms with Crippen molar-refractivity contribution >= 4 is 11.6 Å². The first-order valence-electron chi connectivity index (χ1n) is 6.94. The van der Waals surface area contributed by atoms with Gasteiger partial charge in [-0.25, -0.2) is 0 Å². The van der Waals surface area contributed by atoms with Crippen LogP contribution in [0.3, 0.4) is 0 Å². The van der Waals surface area contributed by atoms with Crippen LogP contribution in [-0.4, -0.2) is 13.0 Å². The molecule has 0 aliphatic rings.